The fraction of sp³-hybridized carbons (Fsp3) is 0. The Morgan fingerprint density at radius 1 is 1.08 bits per heavy atom. The molecular weight excluding hydrogens is 336 g/mol. The molecule has 1 aliphatic rings. The van der Waals surface area contributed by atoms with Crippen LogP contribution < -0.4 is 10.9 Å². The normalized spacial score (nSPS) is 16.0. The zero-order valence-electron chi connectivity index (χ0n) is 12.3. The summed E-state index contributed by atoms with van der Waals surface area (Å²) in [5.41, 5.74) is -2.45. The lowest BCUT2D eigenvalue weighted by Gasteiger charge is -2.12. The molecule has 10 nitrogen and oxygen atoms in total. The van der Waals surface area contributed by atoms with Gasteiger partial charge in [0, 0.05) is 17.7 Å². The summed E-state index contributed by atoms with van der Waals surface area (Å²) in [6.45, 7) is 0. The Morgan fingerprint density at radius 3 is 2.36 bits per heavy atom. The number of amides is 2. The van der Waals surface area contributed by atoms with Crippen LogP contribution in [0.4, 0.5) is 0 Å². The summed E-state index contributed by atoms with van der Waals surface area (Å²) in [6.07, 6.45) is 3.91. The minimum absolute atomic E-state index is 0.253. The van der Waals surface area contributed by atoms with E-state index in [2.05, 4.69) is 0 Å². The SMILES string of the molecule is O=C1C=C(C(=O)O)/C(=C\C=C\c2c(C(=O)O)cc(=O)[nH]c2O)C(=O)N1. The van der Waals surface area contributed by atoms with Crippen LogP contribution in [0.5, 0.6) is 5.88 Å². The fourth-order valence-corrected chi connectivity index (χ4v) is 2.03. The molecule has 0 bridgehead atoms. The number of hydrogen-bond acceptors (Lipinski definition) is 6. The Labute approximate surface area is 138 Å². The van der Waals surface area contributed by atoms with Gasteiger partial charge in [0.1, 0.15) is 0 Å². The van der Waals surface area contributed by atoms with Crippen LogP contribution in [0.25, 0.3) is 6.08 Å². The van der Waals surface area contributed by atoms with Gasteiger partial charge in [0.25, 0.3) is 17.4 Å². The second-order valence-electron chi connectivity index (χ2n) is 4.74. The number of H-pyrrole nitrogens is 1. The summed E-state index contributed by atoms with van der Waals surface area (Å²) in [5.74, 6) is -5.51. The van der Waals surface area contributed by atoms with E-state index in [1.165, 1.54) is 0 Å². The lowest BCUT2D eigenvalue weighted by atomic mass is 10.0. The van der Waals surface area contributed by atoms with Gasteiger partial charge in [0.05, 0.1) is 16.7 Å². The molecule has 10 heteroatoms. The molecule has 1 aromatic heterocycles. The Kier molecular flexibility index (Phi) is 4.64. The molecular formula is C15H10N2O8. The van der Waals surface area contributed by atoms with E-state index in [0.29, 0.717) is 0 Å². The molecule has 0 radical (unpaired) electrons. The lowest BCUT2D eigenvalue weighted by Crippen LogP contribution is -2.36. The number of carbonyl (C=O) groups excluding carboxylic acids is 2. The van der Waals surface area contributed by atoms with E-state index >= 15 is 0 Å². The van der Waals surface area contributed by atoms with Gasteiger partial charge in [0.2, 0.25) is 0 Å². The third kappa shape index (κ3) is 3.69. The summed E-state index contributed by atoms with van der Waals surface area (Å²) in [7, 11) is 0. The highest BCUT2D eigenvalue weighted by molar-refractivity contribution is 6.21. The number of carbonyl (C=O) groups is 4. The maximum absolute atomic E-state index is 11.7. The fourth-order valence-electron chi connectivity index (χ4n) is 2.03. The third-order valence-electron chi connectivity index (χ3n) is 3.10. The van der Waals surface area contributed by atoms with Crippen molar-refractivity contribution in [2.45, 2.75) is 0 Å². The average molecular weight is 346 g/mol. The second kappa shape index (κ2) is 6.66. The highest BCUT2D eigenvalue weighted by Gasteiger charge is 2.26. The van der Waals surface area contributed by atoms with Crippen LogP contribution >= 0.6 is 0 Å². The van der Waals surface area contributed by atoms with E-state index in [-0.39, 0.29) is 11.1 Å². The van der Waals surface area contributed by atoms with Crippen molar-refractivity contribution >= 4 is 29.8 Å². The maximum atomic E-state index is 11.7. The van der Waals surface area contributed by atoms with Crippen LogP contribution in [0, 0.1) is 0 Å². The van der Waals surface area contributed by atoms with Gasteiger partial charge >= 0.3 is 11.9 Å². The van der Waals surface area contributed by atoms with Crippen LogP contribution in [-0.2, 0) is 14.4 Å². The number of aliphatic carboxylic acids is 1. The molecule has 0 aromatic carbocycles. The zero-order chi connectivity index (χ0) is 18.7. The van der Waals surface area contributed by atoms with Crippen molar-refractivity contribution in [1.29, 1.82) is 0 Å². The Balaban J connectivity index is 2.48. The van der Waals surface area contributed by atoms with Gasteiger partial charge in [-0.3, -0.25) is 24.7 Å². The zero-order valence-corrected chi connectivity index (χ0v) is 12.3. The smallest absolute Gasteiger partial charge is 0.336 e. The highest BCUT2D eigenvalue weighted by atomic mass is 16.4. The molecule has 1 aromatic rings. The van der Waals surface area contributed by atoms with Gasteiger partial charge < -0.3 is 15.3 Å². The molecule has 0 unspecified atom stereocenters. The summed E-state index contributed by atoms with van der Waals surface area (Å²) in [4.78, 5) is 58.3. The first kappa shape index (κ1) is 17.4. The van der Waals surface area contributed by atoms with Crippen LogP contribution in [0.1, 0.15) is 15.9 Å². The van der Waals surface area contributed by atoms with Crippen molar-refractivity contribution in [3.05, 3.63) is 56.9 Å². The Morgan fingerprint density at radius 2 is 1.76 bits per heavy atom. The number of hydrogen-bond donors (Lipinski definition) is 5. The van der Waals surface area contributed by atoms with E-state index in [1.54, 1.807) is 0 Å². The average Bonchev–Trinajstić information content (AvgIpc) is 2.49. The van der Waals surface area contributed by atoms with E-state index in [4.69, 9.17) is 10.2 Å². The summed E-state index contributed by atoms with van der Waals surface area (Å²) < 4.78 is 0. The first-order valence-corrected chi connectivity index (χ1v) is 6.59. The Hall–Kier alpha value is -3.95. The predicted molar refractivity (Wildman–Crippen MR) is 81.7 cm³/mol. The van der Waals surface area contributed by atoms with Crippen LogP contribution in [0.15, 0.2) is 40.2 Å². The first-order valence-electron chi connectivity index (χ1n) is 6.59. The number of aromatic hydroxyl groups is 1. The minimum Gasteiger partial charge on any atom is -0.494 e. The molecule has 0 saturated carbocycles. The van der Waals surface area contributed by atoms with Gasteiger partial charge in [-0.2, -0.15) is 0 Å². The van der Waals surface area contributed by atoms with Crippen molar-refractivity contribution in [3.63, 3.8) is 0 Å². The molecule has 0 spiro atoms. The topological polar surface area (TPSA) is 174 Å². The molecule has 0 aliphatic carbocycles. The van der Waals surface area contributed by atoms with Crippen LogP contribution in [0.2, 0.25) is 0 Å². The number of aromatic amines is 1. The minimum atomic E-state index is -1.50. The van der Waals surface area contributed by atoms with Gasteiger partial charge in [-0.25, -0.2) is 9.59 Å². The first-order chi connectivity index (χ1) is 11.7. The van der Waals surface area contributed by atoms with E-state index < -0.39 is 46.3 Å². The molecule has 25 heavy (non-hydrogen) atoms. The molecule has 2 rings (SSSR count). The monoisotopic (exact) mass is 346 g/mol. The van der Waals surface area contributed by atoms with Gasteiger partial charge in [-0.1, -0.05) is 6.08 Å². The molecule has 0 fully saturated rings. The lowest BCUT2D eigenvalue weighted by molar-refractivity contribution is -0.134. The number of carboxylic acids is 2. The summed E-state index contributed by atoms with van der Waals surface area (Å²) in [5, 5.41) is 29.6. The van der Waals surface area contributed by atoms with Crippen molar-refractivity contribution in [1.82, 2.24) is 10.3 Å². The summed E-state index contributed by atoms with van der Waals surface area (Å²) >= 11 is 0. The highest BCUT2D eigenvalue weighted by Crippen LogP contribution is 2.20. The number of aromatic carboxylic acids is 1. The molecule has 0 saturated heterocycles. The number of allylic oxidation sites excluding steroid dienone is 2. The third-order valence-corrected chi connectivity index (χ3v) is 3.10. The number of nitrogens with one attached hydrogen (secondary N) is 2. The van der Waals surface area contributed by atoms with Crippen LogP contribution in [-0.4, -0.2) is 44.1 Å². The number of aromatic nitrogens is 1. The number of pyridine rings is 1. The number of rotatable bonds is 4. The van der Waals surface area contributed by atoms with Crippen molar-refractivity contribution in [2.24, 2.45) is 0 Å². The van der Waals surface area contributed by atoms with Crippen molar-refractivity contribution in [2.75, 3.05) is 0 Å². The van der Waals surface area contributed by atoms with E-state index in [1.807, 2.05) is 10.3 Å². The second-order valence-corrected chi connectivity index (χ2v) is 4.74. The van der Waals surface area contributed by atoms with Gasteiger partial charge in [-0.15, -0.1) is 0 Å². The quantitative estimate of drug-likeness (QED) is 0.354. The molecule has 128 valence electrons. The molecule has 2 amide bonds. The molecule has 5 N–H and O–H groups in total. The summed E-state index contributed by atoms with van der Waals surface area (Å²) in [6, 6.07) is 0.753. The van der Waals surface area contributed by atoms with Gasteiger partial charge in [-0.05, 0) is 12.2 Å². The van der Waals surface area contributed by atoms with E-state index in [0.717, 1.165) is 30.4 Å². The van der Waals surface area contributed by atoms with E-state index in [9.17, 15) is 29.1 Å². The predicted octanol–water partition coefficient (Wildman–Crippen LogP) is -0.614. The molecule has 0 atom stereocenters. The number of carboxylic acid groups (broad SMARTS) is 2. The number of imide groups is 1. The molecule has 2 heterocycles. The van der Waals surface area contributed by atoms with Crippen molar-refractivity contribution in [3.8, 4) is 5.88 Å². The van der Waals surface area contributed by atoms with Crippen LogP contribution in [0.3, 0.4) is 0 Å². The van der Waals surface area contributed by atoms with Gasteiger partial charge in [0.15, 0.2) is 5.88 Å². The maximum Gasteiger partial charge on any atom is 0.336 e. The standard InChI is InChI=1S/C15H10N2O8/c18-10-4-8(14(22)23)6(12(20)16-10)2-1-3-7-9(15(24)25)5-11(19)17-13(7)21/h1-5H,(H,22,23)(H,24,25)(H,16,18,20)(H2,17,19,21)/b3-1+,6-2+. The largest absolute Gasteiger partial charge is 0.494 e. The van der Waals surface area contributed by atoms with Crippen molar-refractivity contribution < 1.29 is 34.5 Å². The molecule has 1 aliphatic heterocycles. The Bertz CT molecular complexity index is 949.